The first-order chi connectivity index (χ1) is 9.10. The minimum Gasteiger partial charge on any atom is -0.336 e. The van der Waals surface area contributed by atoms with Crippen LogP contribution in [0.1, 0.15) is 51.6 Å². The van der Waals surface area contributed by atoms with Crippen LogP contribution in [0.15, 0.2) is 24.5 Å². The number of urea groups is 1. The van der Waals surface area contributed by atoms with Crippen LogP contribution in [0.5, 0.6) is 0 Å². The molecule has 0 saturated heterocycles. The Kier molecular flexibility index (Phi) is 6.33. The van der Waals surface area contributed by atoms with Crippen molar-refractivity contribution in [1.29, 1.82) is 0 Å². The molecule has 0 aliphatic carbocycles. The summed E-state index contributed by atoms with van der Waals surface area (Å²) in [4.78, 5) is 18.0. The van der Waals surface area contributed by atoms with E-state index < -0.39 is 0 Å². The van der Waals surface area contributed by atoms with Gasteiger partial charge in [0, 0.05) is 25.5 Å². The summed E-state index contributed by atoms with van der Waals surface area (Å²) in [6.45, 7) is 6.26. The number of hydrogen-bond donors (Lipinski definition) is 1. The summed E-state index contributed by atoms with van der Waals surface area (Å²) in [5.74, 6) is 0. The van der Waals surface area contributed by atoms with Crippen LogP contribution in [-0.2, 0) is 0 Å². The second-order valence-electron chi connectivity index (χ2n) is 4.95. The molecule has 1 aromatic rings. The molecular formula is C15H25N3O. The number of nitrogens with one attached hydrogen (secondary N) is 1. The maximum absolute atomic E-state index is 12.2. The lowest BCUT2D eigenvalue weighted by atomic mass is 10.1. The Morgan fingerprint density at radius 1 is 1.37 bits per heavy atom. The molecule has 1 aromatic heterocycles. The summed E-state index contributed by atoms with van der Waals surface area (Å²) < 4.78 is 0. The number of aromatic nitrogens is 1. The lowest BCUT2D eigenvalue weighted by Gasteiger charge is -2.29. The molecule has 0 spiro atoms. The summed E-state index contributed by atoms with van der Waals surface area (Å²) >= 11 is 0. The summed E-state index contributed by atoms with van der Waals surface area (Å²) in [6, 6.07) is 4.23. The fraction of sp³-hybridized carbons (Fsp3) is 0.600. The highest BCUT2D eigenvalue weighted by atomic mass is 16.2. The van der Waals surface area contributed by atoms with E-state index in [2.05, 4.69) is 24.1 Å². The van der Waals surface area contributed by atoms with Crippen molar-refractivity contribution in [2.75, 3.05) is 7.05 Å². The van der Waals surface area contributed by atoms with Gasteiger partial charge >= 0.3 is 6.03 Å². The second-order valence-corrected chi connectivity index (χ2v) is 4.95. The first-order valence-electron chi connectivity index (χ1n) is 7.03. The van der Waals surface area contributed by atoms with Crippen LogP contribution in [0.3, 0.4) is 0 Å². The van der Waals surface area contributed by atoms with Crippen LogP contribution in [0.4, 0.5) is 4.79 Å². The molecule has 1 N–H and O–H groups in total. The van der Waals surface area contributed by atoms with E-state index in [-0.39, 0.29) is 18.1 Å². The molecule has 2 atom stereocenters. The van der Waals surface area contributed by atoms with E-state index in [4.69, 9.17) is 0 Å². The van der Waals surface area contributed by atoms with Gasteiger partial charge in [-0.25, -0.2) is 4.79 Å². The Morgan fingerprint density at radius 3 is 2.53 bits per heavy atom. The van der Waals surface area contributed by atoms with Gasteiger partial charge < -0.3 is 10.2 Å². The molecule has 0 aromatic carbocycles. The Balaban J connectivity index is 2.68. The van der Waals surface area contributed by atoms with Gasteiger partial charge in [0.05, 0.1) is 6.04 Å². The standard InChI is InChI=1S/C15H25N3O/c1-5-7-12(3)17-15(19)18(4)14(6-2)13-8-10-16-11-9-13/h8-12,14H,5-7H2,1-4H3,(H,17,19). The van der Waals surface area contributed by atoms with E-state index in [1.807, 2.05) is 26.1 Å². The predicted molar refractivity (Wildman–Crippen MR) is 77.9 cm³/mol. The van der Waals surface area contributed by atoms with Crippen molar-refractivity contribution >= 4 is 6.03 Å². The van der Waals surface area contributed by atoms with E-state index in [0.717, 1.165) is 24.8 Å². The van der Waals surface area contributed by atoms with Gasteiger partial charge in [-0.1, -0.05) is 20.3 Å². The third-order valence-corrected chi connectivity index (χ3v) is 3.36. The van der Waals surface area contributed by atoms with Crippen LogP contribution >= 0.6 is 0 Å². The van der Waals surface area contributed by atoms with Gasteiger partial charge in [-0.05, 0) is 37.5 Å². The van der Waals surface area contributed by atoms with Gasteiger partial charge in [0.25, 0.3) is 0 Å². The third-order valence-electron chi connectivity index (χ3n) is 3.36. The molecule has 0 aliphatic rings. The SMILES string of the molecule is CCCC(C)NC(=O)N(C)C(CC)c1ccncc1. The fourth-order valence-corrected chi connectivity index (χ4v) is 2.28. The highest BCUT2D eigenvalue weighted by Crippen LogP contribution is 2.22. The molecule has 106 valence electrons. The van der Waals surface area contributed by atoms with Crippen LogP contribution in [0, 0.1) is 0 Å². The molecule has 4 nitrogen and oxygen atoms in total. The number of rotatable bonds is 6. The van der Waals surface area contributed by atoms with Crippen LogP contribution < -0.4 is 5.32 Å². The zero-order valence-corrected chi connectivity index (χ0v) is 12.4. The normalized spacial score (nSPS) is 13.7. The molecule has 0 radical (unpaired) electrons. The number of amides is 2. The van der Waals surface area contributed by atoms with Gasteiger partial charge in [0.15, 0.2) is 0 Å². The topological polar surface area (TPSA) is 45.2 Å². The average molecular weight is 263 g/mol. The van der Waals surface area contributed by atoms with Gasteiger partial charge in [-0.2, -0.15) is 0 Å². The Morgan fingerprint density at radius 2 is 2.00 bits per heavy atom. The molecule has 1 heterocycles. The smallest absolute Gasteiger partial charge is 0.317 e. The van der Waals surface area contributed by atoms with Crippen LogP contribution in [-0.4, -0.2) is 29.0 Å². The molecular weight excluding hydrogens is 238 g/mol. The second kappa shape index (κ2) is 7.77. The summed E-state index contributed by atoms with van der Waals surface area (Å²) in [6.07, 6.45) is 6.50. The first kappa shape index (κ1) is 15.5. The van der Waals surface area contributed by atoms with Crippen molar-refractivity contribution in [2.24, 2.45) is 0 Å². The van der Waals surface area contributed by atoms with Gasteiger partial charge in [-0.3, -0.25) is 4.98 Å². The minimum atomic E-state index is -0.00962. The van der Waals surface area contributed by atoms with Crippen molar-refractivity contribution in [3.8, 4) is 0 Å². The number of hydrogen-bond acceptors (Lipinski definition) is 2. The first-order valence-corrected chi connectivity index (χ1v) is 7.03. The zero-order chi connectivity index (χ0) is 14.3. The van der Waals surface area contributed by atoms with Gasteiger partial charge in [0.1, 0.15) is 0 Å². The predicted octanol–water partition coefficient (Wildman–Crippen LogP) is 3.36. The van der Waals surface area contributed by atoms with E-state index >= 15 is 0 Å². The maximum atomic E-state index is 12.2. The number of pyridine rings is 1. The Labute approximate surface area is 116 Å². The third kappa shape index (κ3) is 4.54. The summed E-state index contributed by atoms with van der Waals surface area (Å²) in [7, 11) is 1.85. The van der Waals surface area contributed by atoms with E-state index in [1.165, 1.54) is 0 Å². The van der Waals surface area contributed by atoms with E-state index in [0.29, 0.717) is 0 Å². The molecule has 4 heteroatoms. The van der Waals surface area contributed by atoms with Gasteiger partial charge in [-0.15, -0.1) is 0 Å². The van der Waals surface area contributed by atoms with Crippen LogP contribution in [0.25, 0.3) is 0 Å². The minimum absolute atomic E-state index is 0.00962. The highest BCUT2D eigenvalue weighted by Gasteiger charge is 2.20. The zero-order valence-electron chi connectivity index (χ0n) is 12.4. The monoisotopic (exact) mass is 263 g/mol. The number of carbonyl (C=O) groups excluding carboxylic acids is 1. The van der Waals surface area contributed by atoms with E-state index in [1.54, 1.807) is 17.3 Å². The Bertz CT molecular complexity index is 380. The quantitative estimate of drug-likeness (QED) is 0.855. The van der Waals surface area contributed by atoms with Crippen molar-refractivity contribution in [2.45, 2.75) is 52.1 Å². The maximum Gasteiger partial charge on any atom is 0.317 e. The largest absolute Gasteiger partial charge is 0.336 e. The summed E-state index contributed by atoms with van der Waals surface area (Å²) in [5, 5.41) is 3.04. The van der Waals surface area contributed by atoms with E-state index in [9.17, 15) is 4.79 Å². The van der Waals surface area contributed by atoms with Crippen molar-refractivity contribution in [1.82, 2.24) is 15.2 Å². The Hall–Kier alpha value is -1.58. The highest BCUT2D eigenvalue weighted by molar-refractivity contribution is 5.74. The fourth-order valence-electron chi connectivity index (χ4n) is 2.28. The summed E-state index contributed by atoms with van der Waals surface area (Å²) in [5.41, 5.74) is 1.12. The number of carbonyl (C=O) groups is 1. The lowest BCUT2D eigenvalue weighted by molar-refractivity contribution is 0.185. The molecule has 0 saturated carbocycles. The van der Waals surface area contributed by atoms with Crippen molar-refractivity contribution in [3.05, 3.63) is 30.1 Å². The lowest BCUT2D eigenvalue weighted by Crippen LogP contribution is -2.43. The van der Waals surface area contributed by atoms with Crippen molar-refractivity contribution < 1.29 is 4.79 Å². The number of nitrogens with zero attached hydrogens (tertiary/aromatic N) is 2. The van der Waals surface area contributed by atoms with Crippen molar-refractivity contribution in [3.63, 3.8) is 0 Å². The molecule has 0 bridgehead atoms. The molecule has 1 rings (SSSR count). The molecule has 19 heavy (non-hydrogen) atoms. The molecule has 2 amide bonds. The van der Waals surface area contributed by atoms with Gasteiger partial charge in [0.2, 0.25) is 0 Å². The van der Waals surface area contributed by atoms with Crippen LogP contribution in [0.2, 0.25) is 0 Å². The molecule has 0 fully saturated rings. The molecule has 2 unspecified atom stereocenters. The molecule has 0 aliphatic heterocycles. The average Bonchev–Trinajstić information content (AvgIpc) is 2.40.